The van der Waals surface area contributed by atoms with E-state index in [1.807, 2.05) is 38.1 Å². The van der Waals surface area contributed by atoms with Gasteiger partial charge in [-0.3, -0.25) is 4.79 Å². The number of carbonyl (C=O) groups excluding carboxylic acids is 1. The second-order valence-corrected chi connectivity index (χ2v) is 7.59. The highest BCUT2D eigenvalue weighted by Gasteiger charge is 2.17. The quantitative estimate of drug-likeness (QED) is 0.733. The number of hydrogen-bond donors (Lipinski definition) is 1. The highest BCUT2D eigenvalue weighted by atomic mass is 35.5. The molecule has 2 aromatic rings. The van der Waals surface area contributed by atoms with Gasteiger partial charge < -0.3 is 15.0 Å². The average Bonchev–Trinajstić information content (AvgIpc) is 3.17. The number of nitrogens with one attached hydrogen (secondary N) is 1. The Balaban J connectivity index is 1.59. The van der Waals surface area contributed by atoms with Crippen LogP contribution in [0.2, 0.25) is 5.02 Å². The van der Waals surface area contributed by atoms with Crippen molar-refractivity contribution in [3.8, 4) is 5.75 Å². The third-order valence-corrected chi connectivity index (χ3v) is 5.38. The Morgan fingerprint density at radius 1 is 1.19 bits per heavy atom. The van der Waals surface area contributed by atoms with Gasteiger partial charge in [0.05, 0.1) is 5.02 Å². The summed E-state index contributed by atoms with van der Waals surface area (Å²) in [5.41, 5.74) is 3.86. The van der Waals surface area contributed by atoms with Gasteiger partial charge in [0.25, 0.3) is 5.91 Å². The van der Waals surface area contributed by atoms with Gasteiger partial charge in [0.1, 0.15) is 10.7 Å². The van der Waals surface area contributed by atoms with E-state index in [1.165, 1.54) is 12.8 Å². The standard InChI is InChI=1S/C21H23ClN2O2S/c1-14-5-7-18(15(2)11-14)23-20(25)13-26-19-8-6-16(12-17(19)22)21(27)24-9-3-4-10-24/h5-8,11-12H,3-4,9-10,13H2,1-2H3,(H,23,25). The van der Waals surface area contributed by atoms with Gasteiger partial charge in [-0.05, 0) is 56.5 Å². The molecule has 1 aliphatic rings. The van der Waals surface area contributed by atoms with Crippen LogP contribution in [0.3, 0.4) is 0 Å². The number of amides is 1. The number of halogens is 1. The number of thiocarbonyl (C=S) groups is 1. The molecule has 1 aliphatic heterocycles. The number of rotatable bonds is 5. The van der Waals surface area contributed by atoms with E-state index >= 15 is 0 Å². The summed E-state index contributed by atoms with van der Waals surface area (Å²) in [6, 6.07) is 11.3. The summed E-state index contributed by atoms with van der Waals surface area (Å²) in [5, 5.41) is 3.31. The van der Waals surface area contributed by atoms with Crippen molar-refractivity contribution in [2.24, 2.45) is 0 Å². The first-order valence-corrected chi connectivity index (χ1v) is 9.81. The smallest absolute Gasteiger partial charge is 0.262 e. The minimum absolute atomic E-state index is 0.108. The lowest BCUT2D eigenvalue weighted by molar-refractivity contribution is -0.118. The maximum absolute atomic E-state index is 12.2. The molecule has 27 heavy (non-hydrogen) atoms. The monoisotopic (exact) mass is 402 g/mol. The van der Waals surface area contributed by atoms with Gasteiger partial charge in [0, 0.05) is 24.3 Å². The fourth-order valence-electron chi connectivity index (χ4n) is 3.14. The van der Waals surface area contributed by atoms with Crippen molar-refractivity contribution < 1.29 is 9.53 Å². The second kappa shape index (κ2) is 8.72. The molecule has 4 nitrogen and oxygen atoms in total. The van der Waals surface area contributed by atoms with Gasteiger partial charge in [0.2, 0.25) is 0 Å². The van der Waals surface area contributed by atoms with Gasteiger partial charge in [-0.25, -0.2) is 0 Å². The Hall–Kier alpha value is -2.11. The van der Waals surface area contributed by atoms with Crippen LogP contribution < -0.4 is 10.1 Å². The molecule has 0 aromatic heterocycles. The Morgan fingerprint density at radius 2 is 1.93 bits per heavy atom. The lowest BCUT2D eigenvalue weighted by Crippen LogP contribution is -2.26. The minimum Gasteiger partial charge on any atom is -0.482 e. The first-order chi connectivity index (χ1) is 12.9. The molecule has 0 bridgehead atoms. The van der Waals surface area contributed by atoms with Crippen molar-refractivity contribution in [1.82, 2.24) is 4.90 Å². The first kappa shape index (κ1) is 19.6. The SMILES string of the molecule is Cc1ccc(NC(=O)COc2ccc(C(=S)N3CCCC3)cc2Cl)c(C)c1. The normalized spacial score (nSPS) is 13.5. The van der Waals surface area contributed by atoms with Crippen LogP contribution >= 0.6 is 23.8 Å². The number of benzene rings is 2. The maximum atomic E-state index is 12.2. The molecular weight excluding hydrogens is 380 g/mol. The van der Waals surface area contributed by atoms with Crippen molar-refractivity contribution >= 4 is 40.4 Å². The largest absolute Gasteiger partial charge is 0.482 e. The van der Waals surface area contributed by atoms with E-state index in [9.17, 15) is 4.79 Å². The highest BCUT2D eigenvalue weighted by molar-refractivity contribution is 7.80. The second-order valence-electron chi connectivity index (χ2n) is 6.80. The third kappa shape index (κ3) is 4.99. The van der Waals surface area contributed by atoms with E-state index in [1.54, 1.807) is 12.1 Å². The Bertz CT molecular complexity index is 863. The van der Waals surface area contributed by atoms with E-state index in [0.29, 0.717) is 10.8 Å². The van der Waals surface area contributed by atoms with E-state index in [2.05, 4.69) is 10.2 Å². The third-order valence-electron chi connectivity index (χ3n) is 4.59. The van der Waals surface area contributed by atoms with Gasteiger partial charge in [-0.2, -0.15) is 0 Å². The molecule has 1 amide bonds. The molecule has 6 heteroatoms. The molecule has 1 fully saturated rings. The number of nitrogens with zero attached hydrogens (tertiary/aromatic N) is 1. The van der Waals surface area contributed by atoms with Crippen LogP contribution in [0.15, 0.2) is 36.4 Å². The minimum atomic E-state index is -0.227. The maximum Gasteiger partial charge on any atom is 0.262 e. The fraction of sp³-hybridized carbons (Fsp3) is 0.333. The zero-order valence-electron chi connectivity index (χ0n) is 15.5. The number of anilines is 1. The van der Waals surface area contributed by atoms with Crippen LogP contribution in [-0.2, 0) is 4.79 Å². The molecule has 142 valence electrons. The summed E-state index contributed by atoms with van der Waals surface area (Å²) >= 11 is 11.9. The molecule has 3 rings (SSSR count). The van der Waals surface area contributed by atoms with Crippen LogP contribution in [0.5, 0.6) is 5.75 Å². The average molecular weight is 403 g/mol. The molecule has 1 saturated heterocycles. The van der Waals surface area contributed by atoms with Crippen molar-refractivity contribution in [3.63, 3.8) is 0 Å². The molecule has 0 radical (unpaired) electrons. The number of likely N-dealkylation sites (tertiary alicyclic amines) is 1. The molecule has 0 spiro atoms. The topological polar surface area (TPSA) is 41.6 Å². The van der Waals surface area contributed by atoms with Crippen molar-refractivity contribution in [3.05, 3.63) is 58.1 Å². The van der Waals surface area contributed by atoms with Crippen LogP contribution in [0.25, 0.3) is 0 Å². The van der Waals surface area contributed by atoms with Crippen LogP contribution in [-0.4, -0.2) is 35.5 Å². The van der Waals surface area contributed by atoms with Gasteiger partial charge >= 0.3 is 0 Å². The van der Waals surface area contributed by atoms with Gasteiger partial charge in [-0.15, -0.1) is 0 Å². The molecular formula is C21H23ClN2O2S. The van der Waals surface area contributed by atoms with Gasteiger partial charge in [0.15, 0.2) is 6.61 Å². The van der Waals surface area contributed by atoms with E-state index in [0.717, 1.165) is 40.5 Å². The Labute approximate surface area is 170 Å². The van der Waals surface area contributed by atoms with E-state index < -0.39 is 0 Å². The van der Waals surface area contributed by atoms with Crippen molar-refractivity contribution in [1.29, 1.82) is 0 Å². The molecule has 0 aliphatic carbocycles. The highest BCUT2D eigenvalue weighted by Crippen LogP contribution is 2.27. The number of carbonyl (C=O) groups is 1. The molecule has 0 saturated carbocycles. The first-order valence-electron chi connectivity index (χ1n) is 9.03. The summed E-state index contributed by atoms with van der Waals surface area (Å²) in [7, 11) is 0. The lowest BCUT2D eigenvalue weighted by atomic mass is 10.1. The lowest BCUT2D eigenvalue weighted by Gasteiger charge is -2.19. The summed E-state index contributed by atoms with van der Waals surface area (Å²) < 4.78 is 5.59. The number of aryl methyl sites for hydroxylation is 2. The molecule has 0 atom stereocenters. The summed E-state index contributed by atoms with van der Waals surface area (Å²) in [5.74, 6) is 0.245. The Morgan fingerprint density at radius 3 is 2.59 bits per heavy atom. The fourth-order valence-corrected chi connectivity index (χ4v) is 3.68. The summed E-state index contributed by atoms with van der Waals surface area (Å²) in [6.45, 7) is 5.86. The predicted molar refractivity (Wildman–Crippen MR) is 114 cm³/mol. The summed E-state index contributed by atoms with van der Waals surface area (Å²) in [6.07, 6.45) is 2.34. The zero-order valence-corrected chi connectivity index (χ0v) is 17.1. The van der Waals surface area contributed by atoms with Crippen LogP contribution in [0.4, 0.5) is 5.69 Å². The summed E-state index contributed by atoms with van der Waals surface area (Å²) in [4.78, 5) is 15.2. The van der Waals surface area contributed by atoms with Crippen molar-refractivity contribution in [2.75, 3.05) is 25.0 Å². The van der Waals surface area contributed by atoms with Gasteiger partial charge in [-0.1, -0.05) is 41.5 Å². The molecule has 0 unspecified atom stereocenters. The number of ether oxygens (including phenoxy) is 1. The van der Waals surface area contributed by atoms with Crippen molar-refractivity contribution in [2.45, 2.75) is 26.7 Å². The van der Waals surface area contributed by atoms with Crippen LogP contribution in [0.1, 0.15) is 29.5 Å². The zero-order chi connectivity index (χ0) is 19.4. The molecule has 1 heterocycles. The predicted octanol–water partition coefficient (Wildman–Crippen LogP) is 4.75. The van der Waals surface area contributed by atoms with E-state index in [4.69, 9.17) is 28.6 Å². The van der Waals surface area contributed by atoms with E-state index in [-0.39, 0.29) is 12.5 Å². The Kier molecular flexibility index (Phi) is 6.34. The molecule has 1 N–H and O–H groups in total. The van der Waals surface area contributed by atoms with Crippen LogP contribution in [0, 0.1) is 13.8 Å². The number of hydrogen-bond acceptors (Lipinski definition) is 3. The molecule has 2 aromatic carbocycles.